The Hall–Kier alpha value is -0.810. The van der Waals surface area contributed by atoms with Crippen LogP contribution in [0.3, 0.4) is 0 Å². The van der Waals surface area contributed by atoms with Gasteiger partial charge in [-0.1, -0.05) is 0 Å². The van der Waals surface area contributed by atoms with Gasteiger partial charge in [0.1, 0.15) is 0 Å². The number of carbonyl (C=O) groups is 1. The van der Waals surface area contributed by atoms with Crippen LogP contribution in [0.4, 0.5) is 4.79 Å². The Morgan fingerprint density at radius 1 is 1.00 bits per heavy atom. The van der Waals surface area contributed by atoms with Crippen LogP contribution in [0.2, 0.25) is 0 Å². The molecular weight excluding hydrogens is 156 g/mol. The van der Waals surface area contributed by atoms with E-state index in [2.05, 4.69) is 10.6 Å². The Kier molecular flexibility index (Phi) is 7.73. The maximum absolute atomic E-state index is 10.9. The highest BCUT2D eigenvalue weighted by molar-refractivity contribution is 5.73. The molecule has 5 nitrogen and oxygen atoms in total. The zero-order chi connectivity index (χ0) is 9.23. The van der Waals surface area contributed by atoms with Crippen molar-refractivity contribution in [2.45, 2.75) is 12.8 Å². The summed E-state index contributed by atoms with van der Waals surface area (Å²) in [5.74, 6) is 0. The van der Waals surface area contributed by atoms with Crippen LogP contribution in [0.25, 0.3) is 0 Å². The number of urea groups is 1. The normalized spacial score (nSPS) is 9.50. The van der Waals surface area contributed by atoms with Crippen LogP contribution >= 0.6 is 0 Å². The molecule has 0 aromatic heterocycles. The highest BCUT2D eigenvalue weighted by Gasteiger charge is 1.95. The van der Waals surface area contributed by atoms with Gasteiger partial charge < -0.3 is 22.1 Å². The molecule has 0 saturated heterocycles. The van der Waals surface area contributed by atoms with Gasteiger partial charge in [0.2, 0.25) is 0 Å². The summed E-state index contributed by atoms with van der Waals surface area (Å²) in [6, 6.07) is -0.142. The Morgan fingerprint density at radius 2 is 1.42 bits per heavy atom. The van der Waals surface area contributed by atoms with Gasteiger partial charge in [0.25, 0.3) is 0 Å². The van der Waals surface area contributed by atoms with Crippen molar-refractivity contribution < 1.29 is 4.79 Å². The second kappa shape index (κ2) is 8.29. The number of hydrogen-bond acceptors (Lipinski definition) is 3. The van der Waals surface area contributed by atoms with E-state index in [1.165, 1.54) is 0 Å². The second-order valence-electron chi connectivity index (χ2n) is 2.47. The van der Waals surface area contributed by atoms with Gasteiger partial charge in [0.05, 0.1) is 0 Å². The first-order valence-corrected chi connectivity index (χ1v) is 4.23. The van der Waals surface area contributed by atoms with Crippen molar-refractivity contribution in [3.05, 3.63) is 0 Å². The van der Waals surface area contributed by atoms with Gasteiger partial charge >= 0.3 is 6.03 Å². The number of carbonyl (C=O) groups excluding carboxylic acids is 1. The Morgan fingerprint density at radius 3 is 1.75 bits per heavy atom. The van der Waals surface area contributed by atoms with E-state index in [0.717, 1.165) is 12.8 Å². The Bertz CT molecular complexity index is 106. The largest absolute Gasteiger partial charge is 0.338 e. The lowest BCUT2D eigenvalue weighted by atomic mass is 10.4. The molecule has 0 bridgehead atoms. The smallest absolute Gasteiger partial charge is 0.314 e. The van der Waals surface area contributed by atoms with Gasteiger partial charge in [0, 0.05) is 13.1 Å². The zero-order valence-electron chi connectivity index (χ0n) is 7.31. The van der Waals surface area contributed by atoms with Crippen molar-refractivity contribution in [3.8, 4) is 0 Å². The Labute approximate surface area is 72.9 Å². The summed E-state index contributed by atoms with van der Waals surface area (Å²) < 4.78 is 0. The van der Waals surface area contributed by atoms with Gasteiger partial charge in [-0.05, 0) is 25.9 Å². The third-order valence-electron chi connectivity index (χ3n) is 1.33. The third kappa shape index (κ3) is 7.30. The highest BCUT2D eigenvalue weighted by Crippen LogP contribution is 1.73. The first-order chi connectivity index (χ1) is 5.81. The minimum Gasteiger partial charge on any atom is -0.338 e. The molecule has 0 aliphatic carbocycles. The predicted octanol–water partition coefficient (Wildman–Crippen LogP) is -1.02. The average Bonchev–Trinajstić information content (AvgIpc) is 2.06. The van der Waals surface area contributed by atoms with Gasteiger partial charge in [-0.2, -0.15) is 0 Å². The number of nitrogens with one attached hydrogen (secondary N) is 2. The lowest BCUT2D eigenvalue weighted by Gasteiger charge is -2.05. The number of amides is 2. The van der Waals surface area contributed by atoms with E-state index in [-0.39, 0.29) is 6.03 Å². The van der Waals surface area contributed by atoms with E-state index in [1.54, 1.807) is 0 Å². The Balaban J connectivity index is 3.10. The molecule has 6 N–H and O–H groups in total. The second-order valence-corrected chi connectivity index (χ2v) is 2.47. The molecule has 0 fully saturated rings. The SMILES string of the molecule is NCCCNC(=O)NCCCN. The summed E-state index contributed by atoms with van der Waals surface area (Å²) in [7, 11) is 0. The van der Waals surface area contributed by atoms with Crippen LogP contribution in [0.15, 0.2) is 0 Å². The average molecular weight is 174 g/mol. The van der Waals surface area contributed by atoms with Crippen molar-refractivity contribution >= 4 is 6.03 Å². The van der Waals surface area contributed by atoms with Gasteiger partial charge in [0.15, 0.2) is 0 Å². The van der Waals surface area contributed by atoms with Crippen LogP contribution in [0.5, 0.6) is 0 Å². The summed E-state index contributed by atoms with van der Waals surface area (Å²) in [5.41, 5.74) is 10.5. The fourth-order valence-electron chi connectivity index (χ4n) is 0.670. The minimum atomic E-state index is -0.142. The van der Waals surface area contributed by atoms with Crippen LogP contribution in [0.1, 0.15) is 12.8 Å². The predicted molar refractivity (Wildman–Crippen MR) is 48.7 cm³/mol. The van der Waals surface area contributed by atoms with Gasteiger partial charge in [-0.3, -0.25) is 0 Å². The van der Waals surface area contributed by atoms with Crippen molar-refractivity contribution in [2.24, 2.45) is 11.5 Å². The number of rotatable bonds is 6. The first kappa shape index (κ1) is 11.2. The van der Waals surface area contributed by atoms with E-state index in [1.807, 2.05) is 0 Å². The molecule has 12 heavy (non-hydrogen) atoms. The molecule has 72 valence electrons. The molecule has 0 saturated carbocycles. The van der Waals surface area contributed by atoms with Gasteiger partial charge in [-0.25, -0.2) is 4.79 Å². The molecule has 0 spiro atoms. The molecule has 0 aromatic rings. The molecule has 0 unspecified atom stereocenters. The minimum absolute atomic E-state index is 0.142. The molecule has 0 atom stereocenters. The molecule has 0 aliphatic rings. The van der Waals surface area contributed by atoms with Crippen molar-refractivity contribution in [3.63, 3.8) is 0 Å². The maximum Gasteiger partial charge on any atom is 0.314 e. The fourth-order valence-corrected chi connectivity index (χ4v) is 0.670. The molecular formula is C7H18N4O. The van der Waals surface area contributed by atoms with E-state index in [9.17, 15) is 4.79 Å². The summed E-state index contributed by atoms with van der Waals surface area (Å²) in [6.07, 6.45) is 1.62. The van der Waals surface area contributed by atoms with Gasteiger partial charge in [-0.15, -0.1) is 0 Å². The first-order valence-electron chi connectivity index (χ1n) is 4.23. The molecule has 5 heteroatoms. The monoisotopic (exact) mass is 174 g/mol. The highest BCUT2D eigenvalue weighted by atomic mass is 16.2. The maximum atomic E-state index is 10.9. The summed E-state index contributed by atoms with van der Waals surface area (Å²) in [4.78, 5) is 10.9. The third-order valence-corrected chi connectivity index (χ3v) is 1.33. The topological polar surface area (TPSA) is 93.2 Å². The molecule has 0 radical (unpaired) electrons. The van der Waals surface area contributed by atoms with Crippen LogP contribution in [-0.4, -0.2) is 32.2 Å². The van der Waals surface area contributed by atoms with Crippen molar-refractivity contribution in [2.75, 3.05) is 26.2 Å². The quantitative estimate of drug-likeness (QED) is 0.388. The van der Waals surface area contributed by atoms with Crippen LogP contribution in [-0.2, 0) is 0 Å². The molecule has 0 aromatic carbocycles. The van der Waals surface area contributed by atoms with E-state index in [0.29, 0.717) is 26.2 Å². The van der Waals surface area contributed by atoms with E-state index < -0.39 is 0 Å². The van der Waals surface area contributed by atoms with Crippen LogP contribution < -0.4 is 22.1 Å². The molecule has 0 heterocycles. The van der Waals surface area contributed by atoms with E-state index >= 15 is 0 Å². The summed E-state index contributed by atoms with van der Waals surface area (Å²) in [6.45, 7) is 2.46. The number of nitrogens with two attached hydrogens (primary N) is 2. The van der Waals surface area contributed by atoms with E-state index in [4.69, 9.17) is 11.5 Å². The summed E-state index contributed by atoms with van der Waals surface area (Å²) in [5, 5.41) is 5.34. The molecule has 2 amide bonds. The lowest BCUT2D eigenvalue weighted by Crippen LogP contribution is -2.37. The molecule has 0 rings (SSSR count). The summed E-state index contributed by atoms with van der Waals surface area (Å²) >= 11 is 0. The van der Waals surface area contributed by atoms with Crippen molar-refractivity contribution in [1.29, 1.82) is 0 Å². The lowest BCUT2D eigenvalue weighted by molar-refractivity contribution is 0.241. The number of hydrogen-bond donors (Lipinski definition) is 4. The molecule has 0 aliphatic heterocycles. The standard InChI is InChI=1S/C7H18N4O/c8-3-1-5-10-7(12)11-6-2-4-9/h1-6,8-9H2,(H2,10,11,12). The zero-order valence-corrected chi connectivity index (χ0v) is 7.31. The fraction of sp³-hybridized carbons (Fsp3) is 0.857. The van der Waals surface area contributed by atoms with Crippen molar-refractivity contribution in [1.82, 2.24) is 10.6 Å². The van der Waals surface area contributed by atoms with Crippen LogP contribution in [0, 0.1) is 0 Å².